The van der Waals surface area contributed by atoms with E-state index in [9.17, 15) is 4.79 Å². The maximum absolute atomic E-state index is 13.0. The minimum Gasteiger partial charge on any atom is -0.489 e. The molecule has 0 aromatic carbocycles. The fourth-order valence-electron chi connectivity index (χ4n) is 3.57. The van der Waals surface area contributed by atoms with E-state index in [1.165, 1.54) is 25.7 Å². The molecule has 1 fully saturated rings. The predicted molar refractivity (Wildman–Crippen MR) is 88.1 cm³/mol. The van der Waals surface area contributed by atoms with Gasteiger partial charge in [0.2, 0.25) is 0 Å². The minimum atomic E-state index is -0.136. The highest BCUT2D eigenvalue weighted by Gasteiger charge is 2.29. The van der Waals surface area contributed by atoms with Gasteiger partial charge in [-0.2, -0.15) is 0 Å². The monoisotopic (exact) mass is 327 g/mol. The van der Waals surface area contributed by atoms with Crippen LogP contribution in [0.1, 0.15) is 41.9 Å². The second-order valence-electron chi connectivity index (χ2n) is 6.50. The Labute approximate surface area is 140 Å². The molecule has 1 aliphatic carbocycles. The van der Waals surface area contributed by atoms with Crippen LogP contribution in [0.4, 0.5) is 5.69 Å². The van der Waals surface area contributed by atoms with E-state index >= 15 is 0 Å². The molecule has 24 heavy (non-hydrogen) atoms. The number of anilines is 1. The van der Waals surface area contributed by atoms with Crippen LogP contribution in [-0.2, 0) is 6.54 Å². The molecular weight excluding hydrogens is 306 g/mol. The topological polar surface area (TPSA) is 73.1 Å². The van der Waals surface area contributed by atoms with E-state index in [2.05, 4.69) is 15.3 Å². The van der Waals surface area contributed by atoms with Gasteiger partial charge in [0.1, 0.15) is 18.0 Å². The standard InChI is InChI=1S/C17H21N5O2/c1-12-16(19-20-22(12)11-13-4-2-3-5-13)17(23)21-8-9-24-15-6-7-18-10-14(15)21/h6-7,10,13H,2-5,8-9,11H2,1H3. The molecule has 0 spiro atoms. The number of rotatable bonds is 3. The van der Waals surface area contributed by atoms with Crippen LogP contribution >= 0.6 is 0 Å². The zero-order valence-electron chi connectivity index (χ0n) is 13.8. The van der Waals surface area contributed by atoms with Crippen molar-refractivity contribution >= 4 is 11.6 Å². The van der Waals surface area contributed by atoms with Crippen molar-refractivity contribution in [3.8, 4) is 5.75 Å². The van der Waals surface area contributed by atoms with Gasteiger partial charge >= 0.3 is 0 Å². The third kappa shape index (κ3) is 2.64. The lowest BCUT2D eigenvalue weighted by atomic mass is 10.1. The fraction of sp³-hybridized carbons (Fsp3) is 0.529. The van der Waals surface area contributed by atoms with Crippen LogP contribution in [0, 0.1) is 12.8 Å². The predicted octanol–water partition coefficient (Wildman–Crippen LogP) is 2.21. The fourth-order valence-corrected chi connectivity index (χ4v) is 3.57. The molecule has 2 aromatic heterocycles. The third-order valence-corrected chi connectivity index (χ3v) is 4.96. The minimum absolute atomic E-state index is 0.136. The van der Waals surface area contributed by atoms with E-state index in [-0.39, 0.29) is 5.91 Å². The lowest BCUT2D eigenvalue weighted by Crippen LogP contribution is -2.38. The molecule has 1 saturated carbocycles. The van der Waals surface area contributed by atoms with Crippen LogP contribution in [0.15, 0.2) is 18.5 Å². The van der Waals surface area contributed by atoms with Gasteiger partial charge in [0.15, 0.2) is 5.69 Å². The number of fused-ring (bicyclic) bond motifs is 1. The van der Waals surface area contributed by atoms with Crippen LogP contribution in [-0.4, -0.2) is 39.0 Å². The van der Waals surface area contributed by atoms with Crippen molar-refractivity contribution in [2.24, 2.45) is 5.92 Å². The summed E-state index contributed by atoms with van der Waals surface area (Å²) in [6, 6.07) is 1.78. The summed E-state index contributed by atoms with van der Waals surface area (Å²) in [4.78, 5) is 18.7. The molecule has 0 unspecified atom stereocenters. The number of hydrogen-bond acceptors (Lipinski definition) is 5. The Kier molecular flexibility index (Phi) is 3.92. The Hall–Kier alpha value is -2.44. The van der Waals surface area contributed by atoms with Gasteiger partial charge in [0.25, 0.3) is 5.91 Å². The molecule has 3 heterocycles. The maximum atomic E-state index is 13.0. The van der Waals surface area contributed by atoms with Crippen LogP contribution in [0.5, 0.6) is 5.75 Å². The van der Waals surface area contributed by atoms with Crippen molar-refractivity contribution in [1.29, 1.82) is 0 Å². The van der Waals surface area contributed by atoms with Crippen molar-refractivity contribution in [3.05, 3.63) is 29.8 Å². The van der Waals surface area contributed by atoms with E-state index in [1.54, 1.807) is 23.4 Å². The summed E-state index contributed by atoms with van der Waals surface area (Å²) in [6.07, 6.45) is 8.39. The zero-order valence-corrected chi connectivity index (χ0v) is 13.8. The lowest BCUT2D eigenvalue weighted by Gasteiger charge is -2.28. The Balaban J connectivity index is 1.58. The highest BCUT2D eigenvalue weighted by Crippen LogP contribution is 2.31. The van der Waals surface area contributed by atoms with Crippen molar-refractivity contribution in [3.63, 3.8) is 0 Å². The molecule has 0 atom stereocenters. The van der Waals surface area contributed by atoms with Gasteiger partial charge < -0.3 is 4.74 Å². The Morgan fingerprint density at radius 1 is 1.38 bits per heavy atom. The third-order valence-electron chi connectivity index (χ3n) is 4.96. The number of hydrogen-bond donors (Lipinski definition) is 0. The van der Waals surface area contributed by atoms with E-state index in [1.807, 2.05) is 11.6 Å². The molecule has 2 aromatic rings. The van der Waals surface area contributed by atoms with Crippen LogP contribution in [0.25, 0.3) is 0 Å². The number of amides is 1. The van der Waals surface area contributed by atoms with Crippen molar-refractivity contribution in [2.45, 2.75) is 39.2 Å². The van der Waals surface area contributed by atoms with Gasteiger partial charge in [-0.05, 0) is 25.7 Å². The van der Waals surface area contributed by atoms with Crippen molar-refractivity contribution < 1.29 is 9.53 Å². The number of ether oxygens (including phenoxy) is 1. The first-order chi connectivity index (χ1) is 11.7. The van der Waals surface area contributed by atoms with Gasteiger partial charge in [-0.1, -0.05) is 18.1 Å². The van der Waals surface area contributed by atoms with Gasteiger partial charge in [-0.25, -0.2) is 4.68 Å². The summed E-state index contributed by atoms with van der Waals surface area (Å²) in [6.45, 7) is 3.74. The molecule has 1 amide bonds. The smallest absolute Gasteiger partial charge is 0.281 e. The molecule has 0 bridgehead atoms. The molecule has 0 saturated heterocycles. The second-order valence-corrected chi connectivity index (χ2v) is 6.50. The van der Waals surface area contributed by atoms with E-state index in [0.29, 0.717) is 36.2 Å². The summed E-state index contributed by atoms with van der Waals surface area (Å²) in [5.41, 5.74) is 1.95. The van der Waals surface area contributed by atoms with Gasteiger partial charge in [0, 0.05) is 18.8 Å². The first-order valence-electron chi connectivity index (χ1n) is 8.53. The van der Waals surface area contributed by atoms with E-state index in [4.69, 9.17) is 4.74 Å². The normalized spacial score (nSPS) is 17.6. The number of pyridine rings is 1. The molecule has 2 aliphatic rings. The first kappa shape index (κ1) is 15.1. The largest absolute Gasteiger partial charge is 0.489 e. The van der Waals surface area contributed by atoms with E-state index < -0.39 is 0 Å². The molecular formula is C17H21N5O2. The molecule has 0 radical (unpaired) electrons. The molecule has 4 rings (SSSR count). The lowest BCUT2D eigenvalue weighted by molar-refractivity contribution is 0.0971. The molecule has 7 heteroatoms. The second kappa shape index (κ2) is 6.22. The average molecular weight is 327 g/mol. The van der Waals surface area contributed by atoms with Crippen molar-refractivity contribution in [2.75, 3.05) is 18.1 Å². The summed E-state index contributed by atoms with van der Waals surface area (Å²) in [5.74, 6) is 1.20. The number of carbonyl (C=O) groups is 1. The van der Waals surface area contributed by atoms with Crippen molar-refractivity contribution in [1.82, 2.24) is 20.0 Å². The Bertz CT molecular complexity index is 751. The summed E-state index contributed by atoms with van der Waals surface area (Å²) in [5, 5.41) is 8.39. The SMILES string of the molecule is Cc1c(C(=O)N2CCOc3ccncc32)nnn1CC1CCCC1. The number of aromatic nitrogens is 4. The number of nitrogens with zero attached hydrogens (tertiary/aromatic N) is 5. The summed E-state index contributed by atoms with van der Waals surface area (Å²) < 4.78 is 7.47. The summed E-state index contributed by atoms with van der Waals surface area (Å²) >= 11 is 0. The molecule has 7 nitrogen and oxygen atoms in total. The highest BCUT2D eigenvalue weighted by molar-refractivity contribution is 6.06. The first-order valence-corrected chi connectivity index (χ1v) is 8.53. The molecule has 0 N–H and O–H groups in total. The van der Waals surface area contributed by atoms with Gasteiger partial charge in [-0.15, -0.1) is 5.10 Å². The Morgan fingerprint density at radius 3 is 3.04 bits per heavy atom. The average Bonchev–Trinajstić information content (AvgIpc) is 3.25. The van der Waals surface area contributed by atoms with Gasteiger partial charge in [-0.3, -0.25) is 14.7 Å². The Morgan fingerprint density at radius 2 is 2.21 bits per heavy atom. The maximum Gasteiger partial charge on any atom is 0.281 e. The van der Waals surface area contributed by atoms with Crippen LogP contribution in [0.3, 0.4) is 0 Å². The molecule has 1 aliphatic heterocycles. The zero-order chi connectivity index (χ0) is 16.5. The quantitative estimate of drug-likeness (QED) is 0.864. The van der Waals surface area contributed by atoms with E-state index in [0.717, 1.165) is 12.2 Å². The van der Waals surface area contributed by atoms with Crippen LogP contribution < -0.4 is 9.64 Å². The van der Waals surface area contributed by atoms with Gasteiger partial charge in [0.05, 0.1) is 18.4 Å². The number of carbonyl (C=O) groups excluding carboxylic acids is 1. The van der Waals surface area contributed by atoms with Crippen LogP contribution in [0.2, 0.25) is 0 Å². The highest BCUT2D eigenvalue weighted by atomic mass is 16.5. The molecule has 126 valence electrons. The summed E-state index contributed by atoms with van der Waals surface area (Å²) in [7, 11) is 0.